The van der Waals surface area contributed by atoms with Crippen LogP contribution in [0, 0.1) is 0 Å². The Morgan fingerprint density at radius 3 is 2.96 bits per heavy atom. The molecule has 1 aliphatic heterocycles. The fourth-order valence-corrected chi connectivity index (χ4v) is 3.30. The molecule has 7 heteroatoms. The topological polar surface area (TPSA) is 66.4 Å². The van der Waals surface area contributed by atoms with Gasteiger partial charge < -0.3 is 9.80 Å². The van der Waals surface area contributed by atoms with Crippen molar-refractivity contribution in [3.63, 3.8) is 0 Å². The van der Waals surface area contributed by atoms with Crippen molar-refractivity contribution in [2.45, 2.75) is 32.2 Å². The van der Waals surface area contributed by atoms with E-state index in [-0.39, 0.29) is 18.4 Å². The largest absolute Gasteiger partial charge is 0.340 e. The van der Waals surface area contributed by atoms with Gasteiger partial charge in [0.2, 0.25) is 11.8 Å². The molecule has 2 amide bonds. The number of carbonyl (C=O) groups excluding carboxylic acids is 2. The van der Waals surface area contributed by atoms with Crippen LogP contribution in [0.1, 0.15) is 31.2 Å². The molecule has 0 radical (unpaired) electrons. The van der Waals surface area contributed by atoms with Crippen LogP contribution >= 0.6 is 11.7 Å². The van der Waals surface area contributed by atoms with Gasteiger partial charge >= 0.3 is 0 Å². The number of rotatable bonds is 4. The van der Waals surface area contributed by atoms with Gasteiger partial charge in [-0.05, 0) is 30.5 Å². The van der Waals surface area contributed by atoms with Crippen molar-refractivity contribution in [1.29, 1.82) is 0 Å². The first-order chi connectivity index (χ1) is 11.1. The van der Waals surface area contributed by atoms with E-state index in [9.17, 15) is 9.59 Å². The average molecular weight is 332 g/mol. The van der Waals surface area contributed by atoms with Gasteiger partial charge in [0.1, 0.15) is 11.0 Å². The van der Waals surface area contributed by atoms with Gasteiger partial charge in [-0.15, -0.1) is 0 Å². The van der Waals surface area contributed by atoms with E-state index < -0.39 is 0 Å². The maximum atomic E-state index is 12.4. The summed E-state index contributed by atoms with van der Waals surface area (Å²) in [7, 11) is 1.77. The lowest BCUT2D eigenvalue weighted by atomic mass is 10.2. The highest BCUT2D eigenvalue weighted by atomic mass is 32.1. The van der Waals surface area contributed by atoms with Crippen LogP contribution in [0.15, 0.2) is 18.2 Å². The first-order valence-electron chi connectivity index (χ1n) is 7.86. The van der Waals surface area contributed by atoms with Gasteiger partial charge in [-0.3, -0.25) is 9.59 Å². The lowest BCUT2D eigenvalue weighted by molar-refractivity contribution is -0.139. The molecule has 1 aliphatic rings. The molecule has 3 rings (SSSR count). The number of likely N-dealkylation sites (N-methyl/N-ethyl adjacent to an activating group) is 1. The van der Waals surface area contributed by atoms with Crippen molar-refractivity contribution in [2.75, 3.05) is 20.1 Å². The van der Waals surface area contributed by atoms with Crippen LogP contribution in [0.2, 0.25) is 0 Å². The summed E-state index contributed by atoms with van der Waals surface area (Å²) in [5, 5.41) is 0. The molecule has 2 aromatic rings. The van der Waals surface area contributed by atoms with E-state index >= 15 is 0 Å². The molecule has 0 spiro atoms. The highest BCUT2D eigenvalue weighted by molar-refractivity contribution is 7.00. The quantitative estimate of drug-likeness (QED) is 0.859. The molecular formula is C16H20N4O2S. The Labute approximate surface area is 139 Å². The number of benzene rings is 1. The molecule has 0 saturated carbocycles. The van der Waals surface area contributed by atoms with E-state index in [1.165, 1.54) is 11.7 Å². The summed E-state index contributed by atoms with van der Waals surface area (Å²) >= 11 is 1.19. The Kier molecular flexibility index (Phi) is 4.85. The molecule has 0 atom stereocenters. The molecule has 1 aromatic carbocycles. The van der Waals surface area contributed by atoms with Crippen molar-refractivity contribution in [2.24, 2.45) is 0 Å². The number of amides is 2. The maximum Gasteiger partial charge on any atom is 0.242 e. The minimum Gasteiger partial charge on any atom is -0.340 e. The van der Waals surface area contributed by atoms with Gasteiger partial charge in [-0.2, -0.15) is 8.75 Å². The molecule has 0 unspecified atom stereocenters. The van der Waals surface area contributed by atoms with Gasteiger partial charge in [0.25, 0.3) is 0 Å². The summed E-state index contributed by atoms with van der Waals surface area (Å²) in [6, 6.07) is 5.84. The van der Waals surface area contributed by atoms with Gasteiger partial charge in [0.15, 0.2) is 0 Å². The van der Waals surface area contributed by atoms with E-state index in [0.29, 0.717) is 19.5 Å². The van der Waals surface area contributed by atoms with Gasteiger partial charge in [0.05, 0.1) is 18.3 Å². The van der Waals surface area contributed by atoms with Gasteiger partial charge in [0, 0.05) is 26.6 Å². The Hall–Kier alpha value is -2.02. The average Bonchev–Trinajstić information content (AvgIpc) is 2.91. The molecule has 6 nitrogen and oxygen atoms in total. The summed E-state index contributed by atoms with van der Waals surface area (Å²) in [5.41, 5.74) is 2.75. The molecule has 0 N–H and O–H groups in total. The minimum absolute atomic E-state index is 0.0308. The summed E-state index contributed by atoms with van der Waals surface area (Å²) < 4.78 is 8.39. The maximum absolute atomic E-state index is 12.4. The normalized spacial score (nSPS) is 15.7. The van der Waals surface area contributed by atoms with E-state index in [1.807, 2.05) is 18.2 Å². The highest BCUT2D eigenvalue weighted by Crippen LogP contribution is 2.15. The number of carbonyl (C=O) groups is 2. The summed E-state index contributed by atoms with van der Waals surface area (Å²) in [6.45, 7) is 1.37. The zero-order valence-electron chi connectivity index (χ0n) is 13.2. The fraction of sp³-hybridized carbons (Fsp3) is 0.500. The van der Waals surface area contributed by atoms with Gasteiger partial charge in [-0.25, -0.2) is 0 Å². The SMILES string of the molecule is CN(Cc1ccc2nsnc2c1)C(=O)CN1CCCCCC1=O. The molecule has 122 valence electrons. The molecular weight excluding hydrogens is 312 g/mol. The van der Waals surface area contributed by atoms with Crippen LogP contribution in [0.4, 0.5) is 0 Å². The number of fused-ring (bicyclic) bond motifs is 1. The summed E-state index contributed by atoms with van der Waals surface area (Å²) in [4.78, 5) is 27.7. The zero-order chi connectivity index (χ0) is 16.2. The van der Waals surface area contributed by atoms with Crippen LogP contribution in [-0.2, 0) is 16.1 Å². The Morgan fingerprint density at radius 2 is 2.09 bits per heavy atom. The summed E-state index contributed by atoms with van der Waals surface area (Å²) in [6.07, 6.45) is 3.54. The van der Waals surface area contributed by atoms with E-state index in [4.69, 9.17) is 0 Å². The van der Waals surface area contributed by atoms with E-state index in [2.05, 4.69) is 8.75 Å². The fourth-order valence-electron chi connectivity index (χ4n) is 2.78. The number of nitrogens with zero attached hydrogens (tertiary/aromatic N) is 4. The van der Waals surface area contributed by atoms with Crippen molar-refractivity contribution >= 4 is 34.6 Å². The number of likely N-dealkylation sites (tertiary alicyclic amines) is 1. The molecule has 1 saturated heterocycles. The standard InChI is InChI=1S/C16H20N4O2S/c1-19(10-12-6-7-13-14(9-12)18-23-17-13)16(22)11-20-8-4-2-3-5-15(20)21/h6-7,9H,2-5,8,10-11H2,1H3. The zero-order valence-corrected chi connectivity index (χ0v) is 14.0. The number of hydrogen-bond acceptors (Lipinski definition) is 5. The first-order valence-corrected chi connectivity index (χ1v) is 8.59. The Bertz CT molecular complexity index is 715. The smallest absolute Gasteiger partial charge is 0.242 e. The number of aromatic nitrogens is 2. The molecule has 2 heterocycles. The third-order valence-corrected chi connectivity index (χ3v) is 4.72. The highest BCUT2D eigenvalue weighted by Gasteiger charge is 2.21. The second kappa shape index (κ2) is 7.04. The third-order valence-electron chi connectivity index (χ3n) is 4.16. The minimum atomic E-state index is -0.0308. The van der Waals surface area contributed by atoms with Gasteiger partial charge in [-0.1, -0.05) is 12.5 Å². The molecule has 0 aliphatic carbocycles. The predicted octanol–water partition coefficient (Wildman–Crippen LogP) is 2.05. The van der Waals surface area contributed by atoms with Crippen molar-refractivity contribution in [1.82, 2.24) is 18.5 Å². The number of hydrogen-bond donors (Lipinski definition) is 0. The third kappa shape index (κ3) is 3.85. The lowest BCUT2D eigenvalue weighted by Crippen LogP contribution is -2.41. The Balaban J connectivity index is 1.61. The first kappa shape index (κ1) is 15.9. The van der Waals surface area contributed by atoms with Crippen LogP contribution < -0.4 is 0 Å². The lowest BCUT2D eigenvalue weighted by Gasteiger charge is -2.24. The van der Waals surface area contributed by atoms with Crippen LogP contribution in [-0.4, -0.2) is 50.5 Å². The van der Waals surface area contributed by atoms with Crippen molar-refractivity contribution < 1.29 is 9.59 Å². The summed E-state index contributed by atoms with van der Waals surface area (Å²) in [5.74, 6) is 0.0657. The van der Waals surface area contributed by atoms with Crippen molar-refractivity contribution in [3.05, 3.63) is 23.8 Å². The second-order valence-electron chi connectivity index (χ2n) is 5.96. The predicted molar refractivity (Wildman–Crippen MR) is 88.9 cm³/mol. The van der Waals surface area contributed by atoms with Crippen LogP contribution in [0.25, 0.3) is 11.0 Å². The van der Waals surface area contributed by atoms with E-state index in [0.717, 1.165) is 35.9 Å². The Morgan fingerprint density at radius 1 is 1.26 bits per heavy atom. The molecule has 23 heavy (non-hydrogen) atoms. The van der Waals surface area contributed by atoms with E-state index in [1.54, 1.807) is 16.8 Å². The second-order valence-corrected chi connectivity index (χ2v) is 6.49. The van der Waals surface area contributed by atoms with Crippen LogP contribution in [0.5, 0.6) is 0 Å². The molecule has 1 aromatic heterocycles. The van der Waals surface area contributed by atoms with Crippen molar-refractivity contribution in [3.8, 4) is 0 Å². The molecule has 0 bridgehead atoms. The van der Waals surface area contributed by atoms with Crippen LogP contribution in [0.3, 0.4) is 0 Å². The monoisotopic (exact) mass is 332 g/mol. The molecule has 1 fully saturated rings.